The molecule has 0 aromatic heterocycles. The van der Waals surface area contributed by atoms with Crippen LogP contribution in [0.2, 0.25) is 0 Å². The highest BCUT2D eigenvalue weighted by atomic mass is 16.6. The Morgan fingerprint density at radius 1 is 1.17 bits per heavy atom. The van der Waals surface area contributed by atoms with E-state index in [9.17, 15) is 4.79 Å². The van der Waals surface area contributed by atoms with Gasteiger partial charge in [-0.2, -0.15) is 0 Å². The second-order valence-corrected chi connectivity index (χ2v) is 8.73. The molecule has 1 rings (SSSR count). The average molecular weight is 327 g/mol. The Kier molecular flexibility index (Phi) is 7.85. The van der Waals surface area contributed by atoms with E-state index in [1.165, 1.54) is 25.7 Å². The zero-order valence-corrected chi connectivity index (χ0v) is 16.3. The Bertz CT molecular complexity index is 355. The van der Waals surface area contributed by atoms with Gasteiger partial charge in [0.15, 0.2) is 0 Å². The zero-order chi connectivity index (χ0) is 17.6. The second kappa shape index (κ2) is 8.91. The lowest BCUT2D eigenvalue weighted by atomic mass is 9.79. The molecule has 4 nitrogen and oxygen atoms in total. The van der Waals surface area contributed by atoms with Crippen LogP contribution in [0.3, 0.4) is 0 Å². The Balaban J connectivity index is 2.24. The van der Waals surface area contributed by atoms with Crippen molar-refractivity contribution in [3.05, 3.63) is 0 Å². The predicted octanol–water partition coefficient (Wildman–Crippen LogP) is 4.29. The number of carbonyl (C=O) groups is 1. The minimum atomic E-state index is -0.429. The van der Waals surface area contributed by atoms with Crippen LogP contribution in [0.15, 0.2) is 0 Å². The fraction of sp³-hybridized carbons (Fsp3) is 0.947. The van der Waals surface area contributed by atoms with Crippen molar-refractivity contribution >= 4 is 6.09 Å². The third-order valence-corrected chi connectivity index (χ3v) is 4.76. The van der Waals surface area contributed by atoms with Crippen molar-refractivity contribution in [2.24, 2.45) is 17.8 Å². The van der Waals surface area contributed by atoms with Crippen LogP contribution >= 0.6 is 0 Å². The van der Waals surface area contributed by atoms with Crippen LogP contribution in [0.1, 0.15) is 67.2 Å². The summed E-state index contributed by atoms with van der Waals surface area (Å²) in [4.78, 5) is 13.7. The Morgan fingerprint density at radius 3 is 2.22 bits per heavy atom. The zero-order valence-electron chi connectivity index (χ0n) is 16.3. The molecule has 0 bridgehead atoms. The lowest BCUT2D eigenvalue weighted by Crippen LogP contribution is -2.41. The molecule has 1 aliphatic carbocycles. The molecule has 136 valence electrons. The van der Waals surface area contributed by atoms with Gasteiger partial charge in [-0.3, -0.25) is 0 Å². The molecule has 1 amide bonds. The normalized spacial score (nSPS) is 23.7. The van der Waals surface area contributed by atoms with Gasteiger partial charge in [0.2, 0.25) is 0 Å². The van der Waals surface area contributed by atoms with E-state index < -0.39 is 5.60 Å². The number of nitrogens with one attached hydrogen (secondary N) is 1. The van der Waals surface area contributed by atoms with Crippen LogP contribution in [0, 0.1) is 17.8 Å². The monoisotopic (exact) mass is 326 g/mol. The van der Waals surface area contributed by atoms with Crippen molar-refractivity contribution in [2.45, 2.75) is 78.9 Å². The van der Waals surface area contributed by atoms with Gasteiger partial charge in [-0.05, 0) is 70.8 Å². The van der Waals surface area contributed by atoms with Crippen LogP contribution in [0.4, 0.5) is 4.79 Å². The van der Waals surface area contributed by atoms with Crippen molar-refractivity contribution in [3.63, 3.8) is 0 Å². The number of nitrogens with zero attached hydrogens (tertiary/aromatic N) is 1. The first-order valence-corrected chi connectivity index (χ1v) is 9.26. The van der Waals surface area contributed by atoms with Crippen LogP contribution in [-0.2, 0) is 4.74 Å². The number of carbonyl (C=O) groups excluding carboxylic acids is 1. The maximum atomic E-state index is 12.0. The van der Waals surface area contributed by atoms with Gasteiger partial charge >= 0.3 is 6.09 Å². The number of hydrogen-bond donors (Lipinski definition) is 1. The molecule has 1 unspecified atom stereocenters. The molecular weight excluding hydrogens is 288 g/mol. The summed E-state index contributed by atoms with van der Waals surface area (Å²) < 4.78 is 5.40. The van der Waals surface area contributed by atoms with Gasteiger partial charge in [0.05, 0.1) is 0 Å². The maximum absolute atomic E-state index is 12.0. The summed E-state index contributed by atoms with van der Waals surface area (Å²) in [6.07, 6.45) is 5.04. The molecule has 0 spiro atoms. The maximum Gasteiger partial charge on any atom is 0.410 e. The highest BCUT2D eigenvalue weighted by Crippen LogP contribution is 2.29. The molecule has 0 aromatic carbocycles. The van der Waals surface area contributed by atoms with E-state index in [-0.39, 0.29) is 6.09 Å². The smallest absolute Gasteiger partial charge is 0.410 e. The van der Waals surface area contributed by atoms with Crippen molar-refractivity contribution in [1.82, 2.24) is 10.2 Å². The molecule has 1 aliphatic rings. The van der Waals surface area contributed by atoms with Gasteiger partial charge in [-0.15, -0.1) is 0 Å². The topological polar surface area (TPSA) is 41.6 Å². The highest BCUT2D eigenvalue weighted by Gasteiger charge is 2.24. The first kappa shape index (κ1) is 20.3. The molecule has 0 radical (unpaired) electrons. The van der Waals surface area contributed by atoms with Crippen molar-refractivity contribution in [3.8, 4) is 0 Å². The fourth-order valence-electron chi connectivity index (χ4n) is 3.30. The summed E-state index contributed by atoms with van der Waals surface area (Å²) in [6.45, 7) is 14.3. The number of rotatable bonds is 6. The van der Waals surface area contributed by atoms with Gasteiger partial charge in [-0.25, -0.2) is 4.79 Å². The molecule has 0 aromatic rings. The summed E-state index contributed by atoms with van der Waals surface area (Å²) in [6, 6.07) is 0.652. The van der Waals surface area contributed by atoms with Crippen LogP contribution in [0.5, 0.6) is 0 Å². The standard InChI is InChI=1S/C19H38N2O2/c1-14(2)16-8-10-17(11-9-16)20-12-15(3)13-21(7)18(22)23-19(4,5)6/h14-17,20H,8-13H2,1-7H3. The molecule has 4 heteroatoms. The summed E-state index contributed by atoms with van der Waals surface area (Å²) in [7, 11) is 1.82. The fourth-order valence-corrected chi connectivity index (χ4v) is 3.30. The van der Waals surface area contributed by atoms with E-state index in [1.807, 2.05) is 27.8 Å². The van der Waals surface area contributed by atoms with Crippen molar-refractivity contribution in [2.75, 3.05) is 20.1 Å². The van der Waals surface area contributed by atoms with Crippen LogP contribution in [-0.4, -0.2) is 42.8 Å². The van der Waals surface area contributed by atoms with E-state index in [1.54, 1.807) is 4.90 Å². The molecule has 0 saturated heterocycles. The van der Waals surface area contributed by atoms with E-state index in [0.717, 1.165) is 24.9 Å². The van der Waals surface area contributed by atoms with Crippen LogP contribution in [0.25, 0.3) is 0 Å². The van der Waals surface area contributed by atoms with Crippen molar-refractivity contribution < 1.29 is 9.53 Å². The van der Waals surface area contributed by atoms with E-state index in [2.05, 4.69) is 26.1 Å². The molecule has 0 aliphatic heterocycles. The minimum Gasteiger partial charge on any atom is -0.444 e. The minimum absolute atomic E-state index is 0.234. The highest BCUT2D eigenvalue weighted by molar-refractivity contribution is 5.67. The third kappa shape index (κ3) is 8.05. The first-order chi connectivity index (χ1) is 10.6. The molecule has 0 heterocycles. The average Bonchev–Trinajstić information content (AvgIpc) is 2.43. The van der Waals surface area contributed by atoms with E-state index in [4.69, 9.17) is 4.74 Å². The van der Waals surface area contributed by atoms with Crippen LogP contribution < -0.4 is 5.32 Å². The summed E-state index contributed by atoms with van der Waals surface area (Å²) >= 11 is 0. The summed E-state index contributed by atoms with van der Waals surface area (Å²) in [5.41, 5.74) is -0.429. The first-order valence-electron chi connectivity index (χ1n) is 9.26. The van der Waals surface area contributed by atoms with Crippen molar-refractivity contribution in [1.29, 1.82) is 0 Å². The lowest BCUT2D eigenvalue weighted by Gasteiger charge is -2.32. The number of amides is 1. The van der Waals surface area contributed by atoms with Gasteiger partial charge in [0, 0.05) is 19.6 Å². The Morgan fingerprint density at radius 2 is 1.74 bits per heavy atom. The number of ether oxygens (including phenoxy) is 1. The third-order valence-electron chi connectivity index (χ3n) is 4.76. The number of hydrogen-bond acceptors (Lipinski definition) is 3. The Hall–Kier alpha value is -0.770. The van der Waals surface area contributed by atoms with Gasteiger partial charge < -0.3 is 15.0 Å². The molecular formula is C19H38N2O2. The molecule has 1 N–H and O–H groups in total. The quantitative estimate of drug-likeness (QED) is 0.791. The summed E-state index contributed by atoms with van der Waals surface area (Å²) in [5.74, 6) is 2.15. The largest absolute Gasteiger partial charge is 0.444 e. The molecule has 23 heavy (non-hydrogen) atoms. The Labute approximate surface area is 143 Å². The summed E-state index contributed by atoms with van der Waals surface area (Å²) in [5, 5.41) is 3.69. The predicted molar refractivity (Wildman–Crippen MR) is 96.6 cm³/mol. The van der Waals surface area contributed by atoms with Gasteiger partial charge in [-0.1, -0.05) is 20.8 Å². The molecule has 1 fully saturated rings. The van der Waals surface area contributed by atoms with Gasteiger partial charge in [0.1, 0.15) is 5.60 Å². The van der Waals surface area contributed by atoms with Gasteiger partial charge in [0.25, 0.3) is 0 Å². The van der Waals surface area contributed by atoms with E-state index in [0.29, 0.717) is 12.0 Å². The molecule has 1 saturated carbocycles. The molecule has 1 atom stereocenters. The second-order valence-electron chi connectivity index (χ2n) is 8.73. The SMILES string of the molecule is CC(CNC1CCC(C(C)C)CC1)CN(C)C(=O)OC(C)(C)C. The lowest BCUT2D eigenvalue weighted by molar-refractivity contribution is 0.0276. The van der Waals surface area contributed by atoms with E-state index >= 15 is 0 Å².